The molecule has 9 heteroatoms. The van der Waals surface area contributed by atoms with Crippen molar-refractivity contribution < 1.29 is 9.72 Å². The van der Waals surface area contributed by atoms with Crippen LogP contribution in [0.3, 0.4) is 0 Å². The number of amides is 1. The van der Waals surface area contributed by atoms with Gasteiger partial charge in [-0.3, -0.25) is 24.3 Å². The molecule has 2 aromatic heterocycles. The van der Waals surface area contributed by atoms with Crippen molar-refractivity contribution in [3.63, 3.8) is 0 Å². The SMILES string of the molecule is Cc1cc(C)c(-c2cc(NC(=O)Cn3cc([N+](=O)[O-])ccc3=O)n(-c3ccccc3)n2)cc1C. The Bertz CT molecular complexity index is 1450. The Hall–Kier alpha value is -4.53. The second kappa shape index (κ2) is 9.14. The lowest BCUT2D eigenvalue weighted by Crippen LogP contribution is -2.27. The molecule has 0 bridgehead atoms. The summed E-state index contributed by atoms with van der Waals surface area (Å²) in [6.07, 6.45) is 1.06. The van der Waals surface area contributed by atoms with Crippen LogP contribution >= 0.6 is 0 Å². The number of rotatable bonds is 6. The molecule has 0 aliphatic heterocycles. The number of pyridine rings is 1. The Kier molecular flexibility index (Phi) is 6.09. The number of hydrogen-bond acceptors (Lipinski definition) is 5. The average molecular weight is 457 g/mol. The van der Waals surface area contributed by atoms with Gasteiger partial charge in [0.25, 0.3) is 11.2 Å². The van der Waals surface area contributed by atoms with E-state index in [9.17, 15) is 19.7 Å². The van der Waals surface area contributed by atoms with Crippen molar-refractivity contribution in [1.29, 1.82) is 0 Å². The maximum Gasteiger partial charge on any atom is 0.285 e. The molecule has 0 aliphatic carbocycles. The molecule has 0 atom stereocenters. The minimum absolute atomic E-state index is 0.269. The molecule has 0 unspecified atom stereocenters. The van der Waals surface area contributed by atoms with Crippen LogP contribution in [0.1, 0.15) is 16.7 Å². The number of nitrogens with zero attached hydrogens (tertiary/aromatic N) is 4. The molecule has 2 heterocycles. The van der Waals surface area contributed by atoms with Crippen LogP contribution in [-0.2, 0) is 11.3 Å². The Morgan fingerprint density at radius 1 is 1.00 bits per heavy atom. The highest BCUT2D eigenvalue weighted by Gasteiger charge is 2.17. The first-order chi connectivity index (χ1) is 16.2. The molecule has 1 N–H and O–H groups in total. The molecule has 9 nitrogen and oxygen atoms in total. The van der Waals surface area contributed by atoms with E-state index in [0.29, 0.717) is 11.5 Å². The summed E-state index contributed by atoms with van der Waals surface area (Å²) in [7, 11) is 0. The lowest BCUT2D eigenvalue weighted by molar-refractivity contribution is -0.385. The third kappa shape index (κ3) is 4.63. The Labute approximate surface area is 195 Å². The topological polar surface area (TPSA) is 112 Å². The van der Waals surface area contributed by atoms with E-state index in [1.807, 2.05) is 44.2 Å². The Morgan fingerprint density at radius 3 is 2.41 bits per heavy atom. The van der Waals surface area contributed by atoms with Gasteiger partial charge in [0, 0.05) is 23.8 Å². The molecule has 2 aromatic carbocycles. The molecule has 0 saturated heterocycles. The van der Waals surface area contributed by atoms with E-state index in [1.165, 1.54) is 5.56 Å². The summed E-state index contributed by atoms with van der Waals surface area (Å²) in [5.41, 5.74) is 4.97. The molecule has 0 aliphatic rings. The van der Waals surface area contributed by atoms with Crippen molar-refractivity contribution in [2.75, 3.05) is 5.32 Å². The lowest BCUT2D eigenvalue weighted by atomic mass is 9.99. The molecule has 34 heavy (non-hydrogen) atoms. The largest absolute Gasteiger partial charge is 0.309 e. The van der Waals surface area contributed by atoms with Gasteiger partial charge < -0.3 is 5.32 Å². The van der Waals surface area contributed by atoms with Crippen molar-refractivity contribution in [2.24, 2.45) is 0 Å². The number of anilines is 1. The predicted molar refractivity (Wildman–Crippen MR) is 129 cm³/mol. The normalized spacial score (nSPS) is 10.8. The summed E-state index contributed by atoms with van der Waals surface area (Å²) in [5.74, 6) is -0.0923. The minimum atomic E-state index is -0.615. The van der Waals surface area contributed by atoms with Gasteiger partial charge in [-0.15, -0.1) is 0 Å². The number of para-hydroxylation sites is 1. The number of nitro groups is 1. The first-order valence-corrected chi connectivity index (χ1v) is 10.6. The molecular weight excluding hydrogens is 434 g/mol. The molecule has 0 spiro atoms. The third-order valence-electron chi connectivity index (χ3n) is 5.59. The maximum atomic E-state index is 12.8. The van der Waals surface area contributed by atoms with Crippen molar-refractivity contribution in [2.45, 2.75) is 27.3 Å². The van der Waals surface area contributed by atoms with Gasteiger partial charge in [0.05, 0.1) is 22.5 Å². The van der Waals surface area contributed by atoms with Crippen LogP contribution < -0.4 is 10.9 Å². The molecular formula is C25H23N5O4. The van der Waals surface area contributed by atoms with Crippen molar-refractivity contribution >= 4 is 17.4 Å². The van der Waals surface area contributed by atoms with E-state index in [0.717, 1.165) is 45.3 Å². The third-order valence-corrected chi connectivity index (χ3v) is 5.59. The van der Waals surface area contributed by atoms with Gasteiger partial charge in [-0.1, -0.05) is 24.3 Å². The highest BCUT2D eigenvalue weighted by molar-refractivity contribution is 5.91. The molecule has 1 amide bonds. The maximum absolute atomic E-state index is 12.8. The van der Waals surface area contributed by atoms with E-state index in [-0.39, 0.29) is 12.2 Å². The van der Waals surface area contributed by atoms with Gasteiger partial charge in [0.15, 0.2) is 0 Å². The number of carbonyl (C=O) groups is 1. The Morgan fingerprint density at radius 2 is 1.71 bits per heavy atom. The molecule has 4 rings (SSSR count). The fourth-order valence-electron chi connectivity index (χ4n) is 3.69. The first kappa shape index (κ1) is 22.7. The van der Waals surface area contributed by atoms with Crippen LogP contribution in [0.2, 0.25) is 0 Å². The van der Waals surface area contributed by atoms with E-state index in [4.69, 9.17) is 5.10 Å². The standard InChI is InChI=1S/C25H23N5O4/c1-16-11-18(3)21(12-17(16)2)22-13-23(29(27-22)19-7-5-4-6-8-19)26-24(31)15-28-14-20(30(33)34)9-10-25(28)32/h4-14H,15H2,1-3H3,(H,26,31). The van der Waals surface area contributed by atoms with Crippen molar-refractivity contribution in [3.05, 3.63) is 104 Å². The Balaban J connectivity index is 1.71. The summed E-state index contributed by atoms with van der Waals surface area (Å²) in [6.45, 7) is 5.72. The summed E-state index contributed by atoms with van der Waals surface area (Å²) in [6, 6.07) is 17.5. The van der Waals surface area contributed by atoms with E-state index >= 15 is 0 Å². The zero-order chi connectivity index (χ0) is 24.4. The molecule has 0 fully saturated rings. The molecule has 0 saturated carbocycles. The van der Waals surface area contributed by atoms with Gasteiger partial charge in [0.1, 0.15) is 12.4 Å². The lowest BCUT2D eigenvalue weighted by Gasteiger charge is -2.10. The number of nitrogens with one attached hydrogen (secondary N) is 1. The monoisotopic (exact) mass is 457 g/mol. The first-order valence-electron chi connectivity index (χ1n) is 10.6. The average Bonchev–Trinajstić information content (AvgIpc) is 3.21. The summed E-state index contributed by atoms with van der Waals surface area (Å²) in [5, 5.41) is 18.6. The summed E-state index contributed by atoms with van der Waals surface area (Å²) < 4.78 is 2.63. The zero-order valence-electron chi connectivity index (χ0n) is 19.0. The second-order valence-electron chi connectivity index (χ2n) is 8.07. The van der Waals surface area contributed by atoms with Crippen molar-refractivity contribution in [1.82, 2.24) is 14.3 Å². The predicted octanol–water partition coefficient (Wildman–Crippen LogP) is 4.17. The summed E-state index contributed by atoms with van der Waals surface area (Å²) >= 11 is 0. The van der Waals surface area contributed by atoms with Crippen LogP contribution in [0, 0.1) is 30.9 Å². The number of hydrogen-bond donors (Lipinski definition) is 1. The van der Waals surface area contributed by atoms with Gasteiger partial charge in [-0.2, -0.15) is 5.10 Å². The van der Waals surface area contributed by atoms with Gasteiger partial charge in [0.2, 0.25) is 5.91 Å². The van der Waals surface area contributed by atoms with Crippen LogP contribution in [0.5, 0.6) is 0 Å². The fourth-order valence-corrected chi connectivity index (χ4v) is 3.69. The molecule has 172 valence electrons. The van der Waals surface area contributed by atoms with Crippen LogP contribution in [0.25, 0.3) is 16.9 Å². The summed E-state index contributed by atoms with van der Waals surface area (Å²) in [4.78, 5) is 35.3. The van der Waals surface area contributed by atoms with Crippen LogP contribution in [0.15, 0.2) is 71.7 Å². The number of aromatic nitrogens is 3. The number of carbonyl (C=O) groups excluding carboxylic acids is 1. The number of aryl methyl sites for hydroxylation is 3. The van der Waals surface area contributed by atoms with Gasteiger partial charge in [-0.25, -0.2) is 4.68 Å². The smallest absolute Gasteiger partial charge is 0.285 e. The minimum Gasteiger partial charge on any atom is -0.309 e. The van der Waals surface area contributed by atoms with Crippen LogP contribution in [-0.4, -0.2) is 25.2 Å². The quantitative estimate of drug-likeness (QED) is 0.345. The fraction of sp³-hybridized carbons (Fsp3) is 0.160. The van der Waals surface area contributed by atoms with Gasteiger partial charge >= 0.3 is 0 Å². The molecule has 4 aromatic rings. The van der Waals surface area contributed by atoms with Crippen LogP contribution in [0.4, 0.5) is 11.5 Å². The highest BCUT2D eigenvalue weighted by Crippen LogP contribution is 2.29. The van der Waals surface area contributed by atoms with Gasteiger partial charge in [-0.05, 0) is 55.7 Å². The highest BCUT2D eigenvalue weighted by atomic mass is 16.6. The van der Waals surface area contributed by atoms with E-state index in [1.54, 1.807) is 10.7 Å². The second-order valence-corrected chi connectivity index (χ2v) is 8.07. The zero-order valence-corrected chi connectivity index (χ0v) is 19.0. The van der Waals surface area contributed by atoms with E-state index < -0.39 is 16.4 Å². The van der Waals surface area contributed by atoms with E-state index in [2.05, 4.69) is 24.4 Å². The molecule has 0 radical (unpaired) electrons. The van der Waals surface area contributed by atoms with Crippen molar-refractivity contribution in [3.8, 4) is 16.9 Å². The number of benzene rings is 2.